The van der Waals surface area contributed by atoms with Gasteiger partial charge in [-0.05, 0) is 25.0 Å². The predicted molar refractivity (Wildman–Crippen MR) is 107 cm³/mol. The number of nitrogens with one attached hydrogen (secondary N) is 1. The summed E-state index contributed by atoms with van der Waals surface area (Å²) in [5.74, 6) is 1.99. The van der Waals surface area contributed by atoms with E-state index in [0.29, 0.717) is 36.1 Å². The number of methoxy groups -OCH3 is 2. The fourth-order valence-electron chi connectivity index (χ4n) is 2.75. The summed E-state index contributed by atoms with van der Waals surface area (Å²) in [7, 11) is 3.17. The van der Waals surface area contributed by atoms with Crippen LogP contribution in [0.4, 0.5) is 5.13 Å². The Morgan fingerprint density at radius 1 is 1.11 bits per heavy atom. The van der Waals surface area contributed by atoms with E-state index in [4.69, 9.17) is 14.2 Å². The van der Waals surface area contributed by atoms with Crippen LogP contribution < -0.4 is 19.5 Å². The number of carbonyl (C=O) groups excluding carboxylic acids is 1. The summed E-state index contributed by atoms with van der Waals surface area (Å²) in [6, 6.07) is 11.4. The van der Waals surface area contributed by atoms with Crippen LogP contribution in [0.5, 0.6) is 17.2 Å². The molecular formula is C20H22N2O4S. The lowest BCUT2D eigenvalue weighted by Crippen LogP contribution is -2.12. The second-order valence-electron chi connectivity index (χ2n) is 5.78. The van der Waals surface area contributed by atoms with Crippen LogP contribution in [0.25, 0.3) is 10.2 Å². The zero-order valence-electron chi connectivity index (χ0n) is 15.6. The molecule has 6 nitrogen and oxygen atoms in total. The van der Waals surface area contributed by atoms with Crippen LogP contribution in [0.2, 0.25) is 0 Å². The number of nitrogens with zero attached hydrogens (tertiary/aromatic N) is 1. The molecular weight excluding hydrogens is 364 g/mol. The van der Waals surface area contributed by atoms with Gasteiger partial charge in [-0.25, -0.2) is 4.98 Å². The standard InChI is InChI=1S/C20H22N2O4S/c1-4-26-15-8-6-5-7-13(15)9-10-19(23)22-20-21-14-11-16(24-2)17(25-3)12-18(14)27-20/h5-8,11-12H,4,9-10H2,1-3H3,(H,21,22,23). The van der Waals surface area contributed by atoms with Crippen LogP contribution in [-0.4, -0.2) is 31.7 Å². The summed E-state index contributed by atoms with van der Waals surface area (Å²) < 4.78 is 17.1. The molecule has 0 saturated carbocycles. The maximum atomic E-state index is 12.3. The number of aryl methyl sites for hydroxylation is 1. The zero-order chi connectivity index (χ0) is 19.2. The third-order valence-corrected chi connectivity index (χ3v) is 4.97. The maximum Gasteiger partial charge on any atom is 0.226 e. The second kappa shape index (κ2) is 8.73. The number of thiazole rings is 1. The van der Waals surface area contributed by atoms with Crippen molar-refractivity contribution in [2.45, 2.75) is 19.8 Å². The lowest BCUT2D eigenvalue weighted by Gasteiger charge is -2.09. The van der Waals surface area contributed by atoms with Crippen LogP contribution in [0, 0.1) is 0 Å². The quantitative estimate of drug-likeness (QED) is 0.626. The van der Waals surface area contributed by atoms with Gasteiger partial charge in [0.15, 0.2) is 16.6 Å². The second-order valence-corrected chi connectivity index (χ2v) is 6.81. The summed E-state index contributed by atoms with van der Waals surface area (Å²) in [5.41, 5.74) is 1.78. The van der Waals surface area contributed by atoms with Gasteiger partial charge < -0.3 is 19.5 Å². The number of aromatic nitrogens is 1. The molecule has 1 aromatic heterocycles. The minimum atomic E-state index is -0.0840. The molecule has 0 bridgehead atoms. The third-order valence-electron chi connectivity index (χ3n) is 4.03. The Kier molecular flexibility index (Phi) is 6.13. The van der Waals surface area contributed by atoms with Crippen molar-refractivity contribution in [2.24, 2.45) is 0 Å². The Balaban J connectivity index is 1.67. The van der Waals surface area contributed by atoms with Gasteiger partial charge in [0.25, 0.3) is 0 Å². The van der Waals surface area contributed by atoms with Gasteiger partial charge in [-0.3, -0.25) is 4.79 Å². The number of rotatable bonds is 8. The molecule has 0 spiro atoms. The number of carbonyl (C=O) groups is 1. The van der Waals surface area contributed by atoms with Crippen molar-refractivity contribution in [1.82, 2.24) is 4.98 Å². The smallest absolute Gasteiger partial charge is 0.226 e. The molecule has 0 unspecified atom stereocenters. The molecule has 0 atom stereocenters. The first kappa shape index (κ1) is 19.0. The SMILES string of the molecule is CCOc1ccccc1CCC(=O)Nc1nc2cc(OC)c(OC)cc2s1. The van der Waals surface area contributed by atoms with E-state index in [1.165, 1.54) is 11.3 Å². The number of fused-ring (bicyclic) bond motifs is 1. The van der Waals surface area contributed by atoms with Crippen molar-refractivity contribution in [3.63, 3.8) is 0 Å². The van der Waals surface area contributed by atoms with Gasteiger partial charge in [-0.1, -0.05) is 29.5 Å². The van der Waals surface area contributed by atoms with Gasteiger partial charge in [0.2, 0.25) is 5.91 Å². The molecule has 3 rings (SSSR count). The first-order valence-corrected chi connectivity index (χ1v) is 9.49. The van der Waals surface area contributed by atoms with Gasteiger partial charge in [0.05, 0.1) is 31.0 Å². The summed E-state index contributed by atoms with van der Waals surface area (Å²) in [6.45, 7) is 2.54. The van der Waals surface area contributed by atoms with Crippen LogP contribution in [0.1, 0.15) is 18.9 Å². The number of amides is 1. The highest BCUT2D eigenvalue weighted by Crippen LogP contribution is 2.36. The van der Waals surface area contributed by atoms with E-state index in [0.717, 1.165) is 21.5 Å². The van der Waals surface area contributed by atoms with E-state index >= 15 is 0 Å². The molecule has 1 heterocycles. The largest absolute Gasteiger partial charge is 0.494 e. The van der Waals surface area contributed by atoms with Crippen molar-refractivity contribution >= 4 is 32.6 Å². The van der Waals surface area contributed by atoms with Crippen molar-refractivity contribution in [3.05, 3.63) is 42.0 Å². The molecule has 1 N–H and O–H groups in total. The number of para-hydroxylation sites is 1. The Bertz CT molecular complexity index is 898. The molecule has 27 heavy (non-hydrogen) atoms. The van der Waals surface area contributed by atoms with Crippen molar-refractivity contribution < 1.29 is 19.0 Å². The van der Waals surface area contributed by atoms with E-state index in [1.807, 2.05) is 37.3 Å². The Morgan fingerprint density at radius 3 is 2.59 bits per heavy atom. The first-order valence-electron chi connectivity index (χ1n) is 8.67. The van der Waals surface area contributed by atoms with Crippen LogP contribution in [0.3, 0.4) is 0 Å². The highest BCUT2D eigenvalue weighted by atomic mass is 32.1. The summed E-state index contributed by atoms with van der Waals surface area (Å²) in [4.78, 5) is 16.8. The normalized spacial score (nSPS) is 10.6. The van der Waals surface area contributed by atoms with Gasteiger partial charge in [0, 0.05) is 18.6 Å². The number of hydrogen-bond acceptors (Lipinski definition) is 6. The monoisotopic (exact) mass is 386 g/mol. The number of hydrogen-bond donors (Lipinski definition) is 1. The molecule has 3 aromatic rings. The number of ether oxygens (including phenoxy) is 3. The van der Waals surface area contributed by atoms with Crippen LogP contribution >= 0.6 is 11.3 Å². The highest BCUT2D eigenvalue weighted by Gasteiger charge is 2.13. The molecule has 0 aliphatic heterocycles. The van der Waals surface area contributed by atoms with E-state index in [-0.39, 0.29) is 5.91 Å². The Hall–Kier alpha value is -2.80. The zero-order valence-corrected chi connectivity index (χ0v) is 16.4. The minimum Gasteiger partial charge on any atom is -0.494 e. The molecule has 1 amide bonds. The van der Waals surface area contributed by atoms with Crippen molar-refractivity contribution in [3.8, 4) is 17.2 Å². The maximum absolute atomic E-state index is 12.3. The van der Waals surface area contributed by atoms with E-state index in [9.17, 15) is 4.79 Å². The average molecular weight is 386 g/mol. The van der Waals surface area contributed by atoms with E-state index in [2.05, 4.69) is 10.3 Å². The summed E-state index contributed by atoms with van der Waals surface area (Å²) >= 11 is 1.40. The van der Waals surface area contributed by atoms with Gasteiger partial charge >= 0.3 is 0 Å². The number of benzene rings is 2. The van der Waals surface area contributed by atoms with Crippen LogP contribution in [-0.2, 0) is 11.2 Å². The molecule has 0 aliphatic carbocycles. The van der Waals surface area contributed by atoms with E-state index < -0.39 is 0 Å². The third kappa shape index (κ3) is 4.49. The number of anilines is 1. The Labute approximate surface area is 162 Å². The highest BCUT2D eigenvalue weighted by molar-refractivity contribution is 7.22. The van der Waals surface area contributed by atoms with Gasteiger partial charge in [-0.2, -0.15) is 0 Å². The molecule has 0 aliphatic rings. The van der Waals surface area contributed by atoms with Crippen molar-refractivity contribution in [2.75, 3.05) is 26.1 Å². The van der Waals surface area contributed by atoms with Crippen LogP contribution in [0.15, 0.2) is 36.4 Å². The topological polar surface area (TPSA) is 69.7 Å². The molecule has 142 valence electrons. The fraction of sp³-hybridized carbons (Fsp3) is 0.300. The first-order chi connectivity index (χ1) is 13.1. The van der Waals surface area contributed by atoms with Gasteiger partial charge in [-0.15, -0.1) is 0 Å². The summed E-state index contributed by atoms with van der Waals surface area (Å²) in [6.07, 6.45) is 0.960. The fourth-order valence-corrected chi connectivity index (χ4v) is 3.64. The predicted octanol–water partition coefficient (Wildman–Crippen LogP) is 4.28. The van der Waals surface area contributed by atoms with Gasteiger partial charge in [0.1, 0.15) is 5.75 Å². The molecule has 0 fully saturated rings. The van der Waals surface area contributed by atoms with E-state index in [1.54, 1.807) is 20.3 Å². The summed E-state index contributed by atoms with van der Waals surface area (Å²) in [5, 5.41) is 3.43. The molecule has 2 aromatic carbocycles. The average Bonchev–Trinajstić information content (AvgIpc) is 3.07. The molecule has 7 heteroatoms. The lowest BCUT2D eigenvalue weighted by molar-refractivity contribution is -0.116. The lowest BCUT2D eigenvalue weighted by atomic mass is 10.1. The Morgan fingerprint density at radius 2 is 1.85 bits per heavy atom. The minimum absolute atomic E-state index is 0.0840. The van der Waals surface area contributed by atoms with Crippen molar-refractivity contribution in [1.29, 1.82) is 0 Å². The molecule has 0 radical (unpaired) electrons. The molecule has 0 saturated heterocycles.